The number of hydrogen-bond acceptors (Lipinski definition) is 0. The molecule has 2 aromatic rings. The van der Waals surface area contributed by atoms with E-state index in [1.807, 2.05) is 42.5 Å². The van der Waals surface area contributed by atoms with Gasteiger partial charge in [0, 0.05) is 5.56 Å². The predicted molar refractivity (Wildman–Crippen MR) is 73.2 cm³/mol. The van der Waals surface area contributed by atoms with Gasteiger partial charge in [-0.05, 0) is 11.6 Å². The van der Waals surface area contributed by atoms with Crippen molar-refractivity contribution in [2.75, 3.05) is 0 Å². The van der Waals surface area contributed by atoms with Crippen LogP contribution in [0.3, 0.4) is 0 Å². The van der Waals surface area contributed by atoms with E-state index in [1.54, 1.807) is 6.07 Å². The summed E-state index contributed by atoms with van der Waals surface area (Å²) in [6.45, 7) is 0. The Morgan fingerprint density at radius 2 is 1.40 bits per heavy atom. The first kappa shape index (κ1) is 12.9. The Morgan fingerprint density at radius 3 is 2.07 bits per heavy atom. The molecule has 3 heteroatoms. The van der Waals surface area contributed by atoms with Crippen LogP contribution in [0.25, 0.3) is 11.1 Å². The minimum absolute atomic E-state index is 0. The normalized spacial score (nSPS) is 9.47. The molecule has 15 heavy (non-hydrogen) atoms. The molecule has 0 aromatic heterocycles. The Kier molecular flexibility index (Phi) is 4.97. The molecule has 0 aliphatic heterocycles. The second-order valence-corrected chi connectivity index (χ2v) is 3.75. The molecule has 0 N–H and O–H groups in total. The molecule has 0 saturated carbocycles. The van der Waals surface area contributed by atoms with E-state index >= 15 is 0 Å². The number of rotatable bonds is 1. The first-order valence-corrected chi connectivity index (χ1v) is 5.04. The molecule has 0 unspecified atom stereocenters. The van der Waals surface area contributed by atoms with Crippen molar-refractivity contribution >= 4 is 47.1 Å². The predicted octanol–water partition coefficient (Wildman–Crippen LogP) is 3.21. The molecule has 0 fully saturated rings. The Labute approximate surface area is 116 Å². The molecule has 0 aliphatic carbocycles. The second-order valence-electron chi connectivity index (χ2n) is 2.97. The van der Waals surface area contributed by atoms with E-state index in [-0.39, 0.29) is 23.9 Å². The number of benzene rings is 2. The topological polar surface area (TPSA) is 0 Å². The summed E-state index contributed by atoms with van der Waals surface area (Å²) in [6.07, 6.45) is 0. The zero-order chi connectivity index (χ0) is 9.97. The quantitative estimate of drug-likeness (QED) is 0.696. The summed E-state index contributed by atoms with van der Waals surface area (Å²) in [5.74, 6) is 0. The Balaban J connectivity index is 0.00000112. The standard InChI is InChI=1S/C12H8Cl2.Sn.4H/c13-11-8-4-7-10(12(11)14)9-5-2-1-3-6-9;;;;;/h1-8H;;;;;. The van der Waals surface area contributed by atoms with Gasteiger partial charge in [-0.1, -0.05) is 65.7 Å². The first-order chi connectivity index (χ1) is 6.79. The molecule has 0 aliphatic rings. The third-order valence-corrected chi connectivity index (χ3v) is 2.86. The maximum atomic E-state index is 6.10. The van der Waals surface area contributed by atoms with Crippen molar-refractivity contribution in [3.05, 3.63) is 58.6 Å². The fourth-order valence-corrected chi connectivity index (χ4v) is 1.75. The van der Waals surface area contributed by atoms with Crippen molar-refractivity contribution in [3.8, 4) is 11.1 Å². The summed E-state index contributed by atoms with van der Waals surface area (Å²) in [5, 5.41) is 1.20. The Bertz CT molecular complexity index is 441. The molecule has 0 amide bonds. The van der Waals surface area contributed by atoms with Crippen LogP contribution < -0.4 is 0 Å². The van der Waals surface area contributed by atoms with E-state index in [0.29, 0.717) is 10.0 Å². The molecule has 0 spiro atoms. The van der Waals surface area contributed by atoms with Crippen LogP contribution in [0.15, 0.2) is 48.5 Å². The number of halogens is 2. The van der Waals surface area contributed by atoms with E-state index in [2.05, 4.69) is 0 Å². The van der Waals surface area contributed by atoms with Gasteiger partial charge in [-0.2, -0.15) is 0 Å². The summed E-state index contributed by atoms with van der Waals surface area (Å²) < 4.78 is 0. The summed E-state index contributed by atoms with van der Waals surface area (Å²) >= 11 is 12.0. The van der Waals surface area contributed by atoms with Crippen LogP contribution in [-0.4, -0.2) is 23.9 Å². The van der Waals surface area contributed by atoms with Gasteiger partial charge < -0.3 is 0 Å². The molecule has 78 valence electrons. The average molecular weight is 346 g/mol. The molecular formula is C12H12Cl2Sn. The average Bonchev–Trinajstić information content (AvgIpc) is 2.23. The van der Waals surface area contributed by atoms with Gasteiger partial charge in [-0.15, -0.1) is 0 Å². The molecular weight excluding hydrogens is 334 g/mol. The molecule has 0 bridgehead atoms. The van der Waals surface area contributed by atoms with Crippen molar-refractivity contribution in [2.24, 2.45) is 0 Å². The van der Waals surface area contributed by atoms with E-state index in [4.69, 9.17) is 23.2 Å². The maximum absolute atomic E-state index is 6.10. The molecule has 0 nitrogen and oxygen atoms in total. The Hall–Kier alpha value is -0.181. The van der Waals surface area contributed by atoms with Crippen LogP contribution in [0.1, 0.15) is 0 Å². The SMILES string of the molecule is Clc1cccc(-c2ccccc2)c1Cl.[SnH4]. The van der Waals surface area contributed by atoms with Gasteiger partial charge >= 0.3 is 23.9 Å². The fraction of sp³-hybridized carbons (Fsp3) is 0. The van der Waals surface area contributed by atoms with E-state index in [0.717, 1.165) is 11.1 Å². The van der Waals surface area contributed by atoms with Crippen molar-refractivity contribution in [2.45, 2.75) is 0 Å². The van der Waals surface area contributed by atoms with E-state index < -0.39 is 0 Å². The van der Waals surface area contributed by atoms with Gasteiger partial charge in [0.1, 0.15) is 0 Å². The van der Waals surface area contributed by atoms with Gasteiger partial charge in [0.05, 0.1) is 10.0 Å². The molecule has 0 saturated heterocycles. The second kappa shape index (κ2) is 5.78. The van der Waals surface area contributed by atoms with Crippen molar-refractivity contribution in [3.63, 3.8) is 0 Å². The van der Waals surface area contributed by atoms with Crippen LogP contribution in [0.5, 0.6) is 0 Å². The summed E-state index contributed by atoms with van der Waals surface area (Å²) in [4.78, 5) is 0. The van der Waals surface area contributed by atoms with Gasteiger partial charge in [0.15, 0.2) is 0 Å². The first-order valence-electron chi connectivity index (χ1n) is 4.28. The summed E-state index contributed by atoms with van der Waals surface area (Å²) in [7, 11) is 0. The zero-order valence-electron chi connectivity index (χ0n) is 7.37. The minimum atomic E-state index is 0. The zero-order valence-corrected chi connectivity index (χ0v) is 8.89. The van der Waals surface area contributed by atoms with Crippen molar-refractivity contribution < 1.29 is 0 Å². The van der Waals surface area contributed by atoms with Crippen LogP contribution in [0, 0.1) is 0 Å². The van der Waals surface area contributed by atoms with E-state index in [9.17, 15) is 0 Å². The van der Waals surface area contributed by atoms with Gasteiger partial charge in [-0.25, -0.2) is 0 Å². The summed E-state index contributed by atoms with van der Waals surface area (Å²) in [5.41, 5.74) is 2.06. The molecule has 0 heterocycles. The van der Waals surface area contributed by atoms with Crippen LogP contribution in [0.4, 0.5) is 0 Å². The van der Waals surface area contributed by atoms with Crippen LogP contribution >= 0.6 is 23.2 Å². The molecule has 2 aromatic carbocycles. The van der Waals surface area contributed by atoms with Gasteiger partial charge in [0.25, 0.3) is 0 Å². The summed E-state index contributed by atoms with van der Waals surface area (Å²) in [6, 6.07) is 15.6. The molecule has 2 rings (SSSR count). The molecule has 0 atom stereocenters. The Morgan fingerprint density at radius 1 is 0.733 bits per heavy atom. The van der Waals surface area contributed by atoms with Gasteiger partial charge in [0.2, 0.25) is 0 Å². The van der Waals surface area contributed by atoms with Gasteiger partial charge in [-0.3, -0.25) is 0 Å². The monoisotopic (exact) mass is 346 g/mol. The van der Waals surface area contributed by atoms with Crippen LogP contribution in [-0.2, 0) is 0 Å². The van der Waals surface area contributed by atoms with Crippen molar-refractivity contribution in [1.29, 1.82) is 0 Å². The molecule has 0 radical (unpaired) electrons. The third-order valence-electron chi connectivity index (χ3n) is 2.04. The third kappa shape index (κ3) is 2.90. The number of hydrogen-bond donors (Lipinski definition) is 0. The fourth-order valence-electron chi connectivity index (χ4n) is 1.34. The van der Waals surface area contributed by atoms with E-state index in [1.165, 1.54) is 0 Å². The van der Waals surface area contributed by atoms with Crippen LogP contribution in [0.2, 0.25) is 10.0 Å². The van der Waals surface area contributed by atoms with Crippen molar-refractivity contribution in [1.82, 2.24) is 0 Å².